The number of aromatic nitrogens is 2. The van der Waals surface area contributed by atoms with Gasteiger partial charge < -0.3 is 4.52 Å². The van der Waals surface area contributed by atoms with Gasteiger partial charge in [-0.3, -0.25) is 0 Å². The van der Waals surface area contributed by atoms with Crippen LogP contribution in [0.2, 0.25) is 10.0 Å². The van der Waals surface area contributed by atoms with E-state index < -0.39 is 10.0 Å². The summed E-state index contributed by atoms with van der Waals surface area (Å²) >= 11 is 13.7. The number of sulfonamides is 1. The van der Waals surface area contributed by atoms with Crippen molar-refractivity contribution in [1.82, 2.24) is 14.4 Å². The predicted molar refractivity (Wildman–Crippen MR) is 103 cm³/mol. The summed E-state index contributed by atoms with van der Waals surface area (Å²) in [4.78, 5) is 5.13. The van der Waals surface area contributed by atoms with Crippen molar-refractivity contribution < 1.29 is 12.9 Å². The van der Waals surface area contributed by atoms with Gasteiger partial charge in [0.1, 0.15) is 0 Å². The van der Waals surface area contributed by atoms with Gasteiger partial charge in [-0.05, 0) is 23.6 Å². The minimum Gasteiger partial charge on any atom is -0.337 e. The Morgan fingerprint density at radius 3 is 2.54 bits per heavy atom. The van der Waals surface area contributed by atoms with E-state index in [0.717, 1.165) is 4.88 Å². The molecule has 0 saturated heterocycles. The van der Waals surface area contributed by atoms with Crippen LogP contribution in [0.25, 0.3) is 10.7 Å². The molecule has 1 aromatic carbocycles. The fourth-order valence-electron chi connectivity index (χ4n) is 2.33. The van der Waals surface area contributed by atoms with Crippen molar-refractivity contribution in [3.05, 3.63) is 57.2 Å². The fourth-order valence-corrected chi connectivity index (χ4v) is 5.22. The molecular formula is C16H15Cl2N3O3S2. The molecule has 3 rings (SSSR count). The first kappa shape index (κ1) is 19.3. The molecule has 0 atom stereocenters. The smallest absolute Gasteiger partial charge is 0.242 e. The molecule has 0 unspecified atom stereocenters. The predicted octanol–water partition coefficient (Wildman–Crippen LogP) is 4.46. The van der Waals surface area contributed by atoms with Crippen molar-refractivity contribution >= 4 is 44.6 Å². The molecular weight excluding hydrogens is 417 g/mol. The lowest BCUT2D eigenvalue weighted by Gasteiger charge is -2.19. The molecule has 0 saturated carbocycles. The fraction of sp³-hybridized carbons (Fsp3) is 0.250. The Morgan fingerprint density at radius 1 is 1.19 bits per heavy atom. The Hall–Kier alpha value is -1.45. The lowest BCUT2D eigenvalue weighted by molar-refractivity contribution is 0.321. The number of nitrogens with zero attached hydrogens (tertiary/aromatic N) is 3. The summed E-state index contributed by atoms with van der Waals surface area (Å²) in [6.07, 6.45) is 0. The number of benzene rings is 1. The third-order valence-electron chi connectivity index (χ3n) is 3.66. The van der Waals surface area contributed by atoms with Gasteiger partial charge in [-0.2, -0.15) is 9.29 Å². The van der Waals surface area contributed by atoms with Crippen molar-refractivity contribution in [2.24, 2.45) is 0 Å². The summed E-state index contributed by atoms with van der Waals surface area (Å²) < 4.78 is 32.1. The van der Waals surface area contributed by atoms with Crippen LogP contribution in [0.1, 0.15) is 18.4 Å². The largest absolute Gasteiger partial charge is 0.337 e. The molecule has 138 valence electrons. The van der Waals surface area contributed by atoms with Gasteiger partial charge >= 0.3 is 0 Å². The minimum absolute atomic E-state index is 0.0146. The molecule has 0 amide bonds. The lowest BCUT2D eigenvalue weighted by Crippen LogP contribution is -2.31. The maximum atomic E-state index is 12.8. The quantitative estimate of drug-likeness (QED) is 0.551. The zero-order valence-electron chi connectivity index (χ0n) is 13.7. The normalized spacial score (nSPS) is 12.0. The van der Waals surface area contributed by atoms with Gasteiger partial charge in [-0.15, -0.1) is 11.3 Å². The molecule has 0 radical (unpaired) electrons. The second kappa shape index (κ2) is 8.06. The summed E-state index contributed by atoms with van der Waals surface area (Å²) in [6.45, 7) is 1.97. The van der Waals surface area contributed by atoms with E-state index in [1.54, 1.807) is 25.1 Å². The molecule has 0 N–H and O–H groups in total. The van der Waals surface area contributed by atoms with Gasteiger partial charge in [0.05, 0.1) is 17.2 Å². The van der Waals surface area contributed by atoms with E-state index in [9.17, 15) is 8.42 Å². The van der Waals surface area contributed by atoms with E-state index >= 15 is 0 Å². The Labute approximate surface area is 165 Å². The Balaban J connectivity index is 1.79. The molecule has 0 spiro atoms. The van der Waals surface area contributed by atoms with Crippen LogP contribution >= 0.6 is 34.5 Å². The van der Waals surface area contributed by atoms with Crippen LogP contribution in [0.5, 0.6) is 0 Å². The first-order valence-corrected chi connectivity index (χ1v) is 10.9. The number of rotatable bonds is 7. The molecule has 3 aromatic rings. The van der Waals surface area contributed by atoms with Crippen molar-refractivity contribution in [1.29, 1.82) is 0 Å². The minimum atomic E-state index is -3.67. The summed E-state index contributed by atoms with van der Waals surface area (Å²) in [5, 5.41) is 6.43. The van der Waals surface area contributed by atoms with Crippen LogP contribution in [0.3, 0.4) is 0 Å². The third-order valence-corrected chi connectivity index (χ3v) is 7.06. The zero-order valence-corrected chi connectivity index (χ0v) is 16.9. The van der Waals surface area contributed by atoms with Gasteiger partial charge in [0.25, 0.3) is 0 Å². The van der Waals surface area contributed by atoms with Crippen LogP contribution < -0.4 is 0 Å². The number of hydrogen-bond acceptors (Lipinski definition) is 6. The molecule has 0 aliphatic heterocycles. The second-order valence-electron chi connectivity index (χ2n) is 5.37. The molecule has 2 aromatic heterocycles. The van der Waals surface area contributed by atoms with Gasteiger partial charge in [0, 0.05) is 22.2 Å². The summed E-state index contributed by atoms with van der Waals surface area (Å²) in [5.74, 6) is 0.368. The molecule has 0 aliphatic carbocycles. The summed E-state index contributed by atoms with van der Waals surface area (Å²) in [5.41, 5.74) is 0.374. The van der Waals surface area contributed by atoms with Crippen LogP contribution in [0, 0.1) is 0 Å². The van der Waals surface area contributed by atoms with E-state index in [4.69, 9.17) is 27.7 Å². The molecule has 0 aliphatic rings. The van der Waals surface area contributed by atoms with Gasteiger partial charge in [0.15, 0.2) is 0 Å². The highest BCUT2D eigenvalue weighted by Gasteiger charge is 2.26. The lowest BCUT2D eigenvalue weighted by atomic mass is 10.2. The van der Waals surface area contributed by atoms with Crippen molar-refractivity contribution in [3.63, 3.8) is 0 Å². The Kier molecular flexibility index (Phi) is 5.99. The van der Waals surface area contributed by atoms with E-state index in [1.807, 2.05) is 17.5 Å². The highest BCUT2D eigenvalue weighted by Crippen LogP contribution is 2.28. The SMILES string of the molecule is CCN(Cc1nc(-c2cccs2)no1)S(=O)(=O)Cc1c(Cl)cccc1Cl. The molecule has 2 heterocycles. The van der Waals surface area contributed by atoms with Crippen LogP contribution in [-0.4, -0.2) is 29.4 Å². The van der Waals surface area contributed by atoms with Gasteiger partial charge in [0.2, 0.25) is 21.7 Å². The van der Waals surface area contributed by atoms with E-state index in [1.165, 1.54) is 15.6 Å². The topological polar surface area (TPSA) is 76.3 Å². The van der Waals surface area contributed by atoms with Gasteiger partial charge in [-0.25, -0.2) is 8.42 Å². The second-order valence-corrected chi connectivity index (χ2v) is 9.10. The zero-order chi connectivity index (χ0) is 18.7. The van der Waals surface area contributed by atoms with E-state index in [2.05, 4.69) is 10.1 Å². The molecule has 26 heavy (non-hydrogen) atoms. The van der Waals surface area contributed by atoms with Gasteiger partial charge in [-0.1, -0.05) is 47.4 Å². The first-order valence-electron chi connectivity index (χ1n) is 7.68. The Morgan fingerprint density at radius 2 is 1.92 bits per heavy atom. The summed E-state index contributed by atoms with van der Waals surface area (Å²) in [6, 6.07) is 8.64. The number of halogens is 2. The standard InChI is InChI=1S/C16H15Cl2N3O3S2/c1-2-21(9-15-19-16(20-24-15)14-7-4-8-25-14)26(22,23)10-11-12(17)5-3-6-13(11)18/h3-8H,2,9-10H2,1H3. The highest BCUT2D eigenvalue weighted by molar-refractivity contribution is 7.88. The average Bonchev–Trinajstić information content (AvgIpc) is 3.27. The Bertz CT molecular complexity index is 968. The molecule has 10 heteroatoms. The first-order chi connectivity index (χ1) is 12.4. The van der Waals surface area contributed by atoms with Crippen molar-refractivity contribution in [2.75, 3.05) is 6.54 Å². The monoisotopic (exact) mass is 431 g/mol. The van der Waals surface area contributed by atoms with E-state index in [0.29, 0.717) is 21.4 Å². The maximum absolute atomic E-state index is 12.8. The molecule has 0 fully saturated rings. The maximum Gasteiger partial charge on any atom is 0.242 e. The van der Waals surface area contributed by atoms with E-state index in [-0.39, 0.29) is 24.7 Å². The van der Waals surface area contributed by atoms with Crippen LogP contribution in [0.15, 0.2) is 40.2 Å². The van der Waals surface area contributed by atoms with Crippen LogP contribution in [0.4, 0.5) is 0 Å². The molecule has 6 nitrogen and oxygen atoms in total. The summed E-state index contributed by atoms with van der Waals surface area (Å²) in [7, 11) is -3.67. The third kappa shape index (κ3) is 4.27. The van der Waals surface area contributed by atoms with Crippen LogP contribution in [-0.2, 0) is 22.3 Å². The molecule has 0 bridgehead atoms. The number of hydrogen-bond donors (Lipinski definition) is 0. The van der Waals surface area contributed by atoms with Crippen molar-refractivity contribution in [3.8, 4) is 10.7 Å². The average molecular weight is 432 g/mol. The number of thiophene rings is 1. The van der Waals surface area contributed by atoms with Crippen molar-refractivity contribution in [2.45, 2.75) is 19.2 Å². The highest BCUT2D eigenvalue weighted by atomic mass is 35.5.